The SMILES string of the molecule is C[C@H](N[C@@H](C)c1ccc(F)c(N2CCOCC2)c1)c1ccccc1. The molecule has 0 amide bonds. The van der Waals surface area contributed by atoms with Crippen LogP contribution in [-0.2, 0) is 4.74 Å². The van der Waals surface area contributed by atoms with Gasteiger partial charge in [-0.25, -0.2) is 4.39 Å². The Morgan fingerprint density at radius 3 is 2.33 bits per heavy atom. The van der Waals surface area contributed by atoms with Gasteiger partial charge in [0.05, 0.1) is 18.9 Å². The number of hydrogen-bond acceptors (Lipinski definition) is 3. The molecular formula is C20H25FN2O. The van der Waals surface area contributed by atoms with Crippen LogP contribution >= 0.6 is 0 Å². The molecule has 2 aromatic rings. The highest BCUT2D eigenvalue weighted by molar-refractivity contribution is 5.51. The lowest BCUT2D eigenvalue weighted by Crippen LogP contribution is -2.37. The lowest BCUT2D eigenvalue weighted by Gasteiger charge is -2.30. The minimum Gasteiger partial charge on any atom is -0.378 e. The van der Waals surface area contributed by atoms with Crippen LogP contribution in [0.2, 0.25) is 0 Å². The Morgan fingerprint density at radius 2 is 1.62 bits per heavy atom. The minimum atomic E-state index is -0.163. The van der Waals surface area contributed by atoms with Gasteiger partial charge in [-0.1, -0.05) is 36.4 Å². The third-order valence-electron chi connectivity index (χ3n) is 4.62. The fraction of sp³-hybridized carbons (Fsp3) is 0.400. The summed E-state index contributed by atoms with van der Waals surface area (Å²) in [6.07, 6.45) is 0. The van der Waals surface area contributed by atoms with Crippen LogP contribution in [-0.4, -0.2) is 26.3 Å². The maximum Gasteiger partial charge on any atom is 0.146 e. The van der Waals surface area contributed by atoms with Gasteiger partial charge >= 0.3 is 0 Å². The molecule has 1 saturated heterocycles. The van der Waals surface area contributed by atoms with Gasteiger partial charge in [-0.15, -0.1) is 0 Å². The molecule has 0 spiro atoms. The molecule has 3 rings (SSSR count). The summed E-state index contributed by atoms with van der Waals surface area (Å²) in [5, 5.41) is 3.60. The summed E-state index contributed by atoms with van der Waals surface area (Å²) < 4.78 is 19.6. The number of benzene rings is 2. The van der Waals surface area contributed by atoms with Gasteiger partial charge in [0.15, 0.2) is 0 Å². The Kier molecular flexibility index (Phi) is 5.48. The van der Waals surface area contributed by atoms with Crippen LogP contribution in [0, 0.1) is 5.82 Å². The maximum absolute atomic E-state index is 14.2. The van der Waals surface area contributed by atoms with Crippen molar-refractivity contribution in [3.05, 3.63) is 65.5 Å². The molecule has 0 bridgehead atoms. The second-order valence-corrected chi connectivity index (χ2v) is 6.33. The zero-order valence-corrected chi connectivity index (χ0v) is 14.3. The van der Waals surface area contributed by atoms with Crippen molar-refractivity contribution in [2.75, 3.05) is 31.2 Å². The van der Waals surface area contributed by atoms with E-state index in [1.54, 1.807) is 6.07 Å². The number of halogens is 1. The van der Waals surface area contributed by atoms with Crippen molar-refractivity contribution in [1.29, 1.82) is 0 Å². The van der Waals surface area contributed by atoms with Crippen LogP contribution in [0.15, 0.2) is 48.5 Å². The number of nitrogens with zero attached hydrogens (tertiary/aromatic N) is 1. The van der Waals surface area contributed by atoms with Crippen LogP contribution in [0.4, 0.5) is 10.1 Å². The molecule has 1 fully saturated rings. The summed E-state index contributed by atoms with van der Waals surface area (Å²) in [5.41, 5.74) is 3.03. The largest absolute Gasteiger partial charge is 0.378 e. The number of ether oxygens (including phenoxy) is 1. The van der Waals surface area contributed by atoms with Gasteiger partial charge in [0.2, 0.25) is 0 Å². The van der Waals surface area contributed by atoms with E-state index in [2.05, 4.69) is 36.2 Å². The first-order chi connectivity index (χ1) is 11.6. The van der Waals surface area contributed by atoms with Gasteiger partial charge in [-0.05, 0) is 37.1 Å². The van der Waals surface area contributed by atoms with Crippen molar-refractivity contribution < 1.29 is 9.13 Å². The van der Waals surface area contributed by atoms with Crippen molar-refractivity contribution in [3.63, 3.8) is 0 Å². The van der Waals surface area contributed by atoms with Gasteiger partial charge in [-0.3, -0.25) is 0 Å². The normalized spacial score (nSPS) is 17.5. The predicted octanol–water partition coefficient (Wildman–Crippen LogP) is 4.07. The Morgan fingerprint density at radius 1 is 0.958 bits per heavy atom. The molecule has 1 heterocycles. The zero-order valence-electron chi connectivity index (χ0n) is 14.3. The topological polar surface area (TPSA) is 24.5 Å². The molecule has 1 N–H and O–H groups in total. The Labute approximate surface area is 143 Å². The molecule has 4 heteroatoms. The van der Waals surface area contributed by atoms with E-state index in [9.17, 15) is 4.39 Å². The summed E-state index contributed by atoms with van der Waals surface area (Å²) in [4.78, 5) is 2.07. The Balaban J connectivity index is 1.73. The van der Waals surface area contributed by atoms with Crippen molar-refractivity contribution in [2.24, 2.45) is 0 Å². The lowest BCUT2D eigenvalue weighted by atomic mass is 10.0. The van der Waals surface area contributed by atoms with Gasteiger partial charge in [0.25, 0.3) is 0 Å². The van der Waals surface area contributed by atoms with Crippen LogP contribution in [0.3, 0.4) is 0 Å². The van der Waals surface area contributed by atoms with E-state index in [-0.39, 0.29) is 17.9 Å². The van der Waals surface area contributed by atoms with Crippen molar-refractivity contribution in [3.8, 4) is 0 Å². The summed E-state index contributed by atoms with van der Waals surface area (Å²) >= 11 is 0. The summed E-state index contributed by atoms with van der Waals surface area (Å²) in [6, 6.07) is 16.1. The number of hydrogen-bond donors (Lipinski definition) is 1. The predicted molar refractivity (Wildman–Crippen MR) is 95.8 cm³/mol. The molecule has 1 aliphatic rings. The standard InChI is InChI=1S/C20H25FN2O/c1-15(17-6-4-3-5-7-17)22-16(2)18-8-9-19(21)20(14-18)23-10-12-24-13-11-23/h3-9,14-16,22H,10-13H2,1-2H3/t15-,16-/m0/s1. The molecule has 0 unspecified atom stereocenters. The molecule has 0 aliphatic carbocycles. The van der Waals surface area contributed by atoms with E-state index in [1.165, 1.54) is 5.56 Å². The fourth-order valence-corrected chi connectivity index (χ4v) is 3.15. The molecule has 24 heavy (non-hydrogen) atoms. The van der Waals surface area contributed by atoms with Crippen LogP contribution in [0.5, 0.6) is 0 Å². The van der Waals surface area contributed by atoms with Crippen molar-refractivity contribution in [2.45, 2.75) is 25.9 Å². The Hall–Kier alpha value is -1.91. The van der Waals surface area contributed by atoms with E-state index in [1.807, 2.05) is 30.3 Å². The summed E-state index contributed by atoms with van der Waals surface area (Å²) in [7, 11) is 0. The van der Waals surface area contributed by atoms with Crippen LogP contribution in [0.25, 0.3) is 0 Å². The third-order valence-corrected chi connectivity index (χ3v) is 4.62. The Bertz CT molecular complexity index is 656. The fourth-order valence-electron chi connectivity index (χ4n) is 3.15. The summed E-state index contributed by atoms with van der Waals surface area (Å²) in [5.74, 6) is -0.163. The van der Waals surface area contributed by atoms with E-state index in [0.717, 1.165) is 18.7 Å². The second-order valence-electron chi connectivity index (χ2n) is 6.33. The minimum absolute atomic E-state index is 0.139. The first-order valence-corrected chi connectivity index (χ1v) is 8.58. The van der Waals surface area contributed by atoms with E-state index in [4.69, 9.17) is 4.74 Å². The highest BCUT2D eigenvalue weighted by Crippen LogP contribution is 2.26. The molecule has 0 saturated carbocycles. The molecule has 2 aromatic carbocycles. The van der Waals surface area contributed by atoms with Gasteiger partial charge in [-0.2, -0.15) is 0 Å². The zero-order chi connectivity index (χ0) is 16.9. The van der Waals surface area contributed by atoms with E-state index in [0.29, 0.717) is 18.9 Å². The molecule has 128 valence electrons. The van der Waals surface area contributed by atoms with Gasteiger partial charge in [0.1, 0.15) is 5.82 Å². The monoisotopic (exact) mass is 328 g/mol. The highest BCUT2D eigenvalue weighted by Gasteiger charge is 2.18. The first kappa shape index (κ1) is 16.9. The molecule has 1 aliphatic heterocycles. The average molecular weight is 328 g/mol. The molecule has 0 aromatic heterocycles. The first-order valence-electron chi connectivity index (χ1n) is 8.58. The maximum atomic E-state index is 14.2. The van der Waals surface area contributed by atoms with Gasteiger partial charge < -0.3 is 15.0 Å². The van der Waals surface area contributed by atoms with Crippen molar-refractivity contribution >= 4 is 5.69 Å². The smallest absolute Gasteiger partial charge is 0.146 e. The molecule has 2 atom stereocenters. The summed E-state index contributed by atoms with van der Waals surface area (Å²) in [6.45, 7) is 7.06. The number of nitrogens with one attached hydrogen (secondary N) is 1. The van der Waals surface area contributed by atoms with Crippen molar-refractivity contribution in [1.82, 2.24) is 5.32 Å². The molecule has 0 radical (unpaired) electrons. The highest BCUT2D eigenvalue weighted by atomic mass is 19.1. The van der Waals surface area contributed by atoms with E-state index >= 15 is 0 Å². The quantitative estimate of drug-likeness (QED) is 0.895. The molecule has 3 nitrogen and oxygen atoms in total. The number of rotatable bonds is 5. The third kappa shape index (κ3) is 3.94. The molecular weight excluding hydrogens is 303 g/mol. The van der Waals surface area contributed by atoms with Crippen LogP contribution < -0.4 is 10.2 Å². The number of anilines is 1. The van der Waals surface area contributed by atoms with Crippen LogP contribution in [0.1, 0.15) is 37.1 Å². The average Bonchev–Trinajstić information content (AvgIpc) is 2.63. The second kappa shape index (κ2) is 7.77. The van der Waals surface area contributed by atoms with Gasteiger partial charge in [0, 0.05) is 25.2 Å². The van der Waals surface area contributed by atoms with E-state index < -0.39 is 0 Å². The number of morpholine rings is 1. The lowest BCUT2D eigenvalue weighted by molar-refractivity contribution is 0.122.